The van der Waals surface area contributed by atoms with Crippen LogP contribution < -0.4 is 10.6 Å². The summed E-state index contributed by atoms with van der Waals surface area (Å²) in [6.07, 6.45) is 3.70. The van der Waals surface area contributed by atoms with Crippen LogP contribution in [0.15, 0.2) is 60.7 Å². The number of benzene rings is 2. The number of hydrogen-bond acceptors (Lipinski definition) is 4. The van der Waals surface area contributed by atoms with Gasteiger partial charge in [-0.15, -0.1) is 0 Å². The second-order valence-corrected chi connectivity index (χ2v) is 9.55. The largest absolute Gasteiger partial charge is 0.444 e. The zero-order valence-corrected chi connectivity index (χ0v) is 18.9. The molecule has 0 unspecified atom stereocenters. The Bertz CT molecular complexity index is 812. The summed E-state index contributed by atoms with van der Waals surface area (Å²) < 4.78 is 5.44. The molecule has 0 aliphatic heterocycles. The standard InChI is InChI=1S/C26H36N2O3/c1-25(2,3)31-24(30)28-22(18-20-12-6-4-7-13-20)23(29)19-27-26(16-10-11-17-26)21-14-8-5-9-15-21/h4-9,12-15,22-23,27,29H,10-11,16-19H2,1-3H3,(H,28,30)/t22-,23+/m0/s1. The van der Waals surface area contributed by atoms with Crippen molar-refractivity contribution in [2.75, 3.05) is 6.54 Å². The Morgan fingerprint density at radius 2 is 1.61 bits per heavy atom. The van der Waals surface area contributed by atoms with Gasteiger partial charge in [-0.2, -0.15) is 0 Å². The van der Waals surface area contributed by atoms with Gasteiger partial charge >= 0.3 is 6.09 Å². The molecule has 5 heteroatoms. The third-order valence-corrected chi connectivity index (χ3v) is 5.90. The normalized spacial score (nSPS) is 17.7. The minimum Gasteiger partial charge on any atom is -0.444 e. The second-order valence-electron chi connectivity index (χ2n) is 9.55. The van der Waals surface area contributed by atoms with E-state index >= 15 is 0 Å². The van der Waals surface area contributed by atoms with Crippen molar-refractivity contribution >= 4 is 6.09 Å². The third-order valence-electron chi connectivity index (χ3n) is 5.90. The number of carbonyl (C=O) groups excluding carboxylic acids is 1. The maximum absolute atomic E-state index is 12.4. The van der Waals surface area contributed by atoms with Crippen molar-refractivity contribution in [3.05, 3.63) is 71.8 Å². The zero-order chi connectivity index (χ0) is 22.3. The lowest BCUT2D eigenvalue weighted by atomic mass is 9.87. The Kier molecular flexibility index (Phi) is 7.74. The monoisotopic (exact) mass is 424 g/mol. The lowest BCUT2D eigenvalue weighted by Gasteiger charge is -2.34. The molecule has 0 spiro atoms. The first-order valence-corrected chi connectivity index (χ1v) is 11.3. The molecule has 0 aromatic heterocycles. The molecule has 31 heavy (non-hydrogen) atoms. The van der Waals surface area contributed by atoms with Gasteiger partial charge in [0.2, 0.25) is 0 Å². The maximum Gasteiger partial charge on any atom is 0.407 e. The van der Waals surface area contributed by atoms with Crippen LogP contribution in [0, 0.1) is 0 Å². The lowest BCUT2D eigenvalue weighted by molar-refractivity contribution is 0.0413. The summed E-state index contributed by atoms with van der Waals surface area (Å²) in [7, 11) is 0. The molecule has 3 N–H and O–H groups in total. The third kappa shape index (κ3) is 6.81. The number of aliphatic hydroxyl groups excluding tert-OH is 1. The van der Waals surface area contributed by atoms with Gasteiger partial charge in [-0.25, -0.2) is 4.79 Å². The first kappa shape index (κ1) is 23.3. The van der Waals surface area contributed by atoms with Gasteiger partial charge in [0.1, 0.15) is 5.60 Å². The summed E-state index contributed by atoms with van der Waals surface area (Å²) in [5, 5.41) is 17.7. The van der Waals surface area contributed by atoms with E-state index in [2.05, 4.69) is 34.9 Å². The van der Waals surface area contributed by atoms with Gasteiger partial charge in [-0.1, -0.05) is 73.5 Å². The van der Waals surface area contributed by atoms with Crippen LogP contribution in [0.3, 0.4) is 0 Å². The van der Waals surface area contributed by atoms with Gasteiger partial charge in [0, 0.05) is 12.1 Å². The Morgan fingerprint density at radius 1 is 1.03 bits per heavy atom. The van der Waals surface area contributed by atoms with Crippen molar-refractivity contribution in [3.63, 3.8) is 0 Å². The summed E-state index contributed by atoms with van der Waals surface area (Å²) in [6, 6.07) is 19.9. The van der Waals surface area contributed by atoms with E-state index < -0.39 is 23.8 Å². The van der Waals surface area contributed by atoms with Crippen LogP contribution in [0.4, 0.5) is 4.79 Å². The van der Waals surface area contributed by atoms with Crippen LogP contribution in [-0.4, -0.2) is 35.5 Å². The highest BCUT2D eigenvalue weighted by Crippen LogP contribution is 2.38. The molecule has 0 bridgehead atoms. The minimum atomic E-state index is -0.756. The van der Waals surface area contributed by atoms with Crippen LogP contribution >= 0.6 is 0 Å². The molecular formula is C26H36N2O3. The van der Waals surface area contributed by atoms with Gasteiger partial charge in [0.05, 0.1) is 12.1 Å². The van der Waals surface area contributed by atoms with Crippen molar-refractivity contribution < 1.29 is 14.6 Å². The van der Waals surface area contributed by atoms with Gasteiger partial charge in [0.25, 0.3) is 0 Å². The molecule has 0 heterocycles. The molecule has 1 aliphatic carbocycles. The quantitative estimate of drug-likeness (QED) is 0.582. The van der Waals surface area contributed by atoms with Crippen molar-refractivity contribution in [3.8, 4) is 0 Å². The van der Waals surface area contributed by atoms with E-state index in [1.54, 1.807) is 0 Å². The number of alkyl carbamates (subject to hydrolysis) is 1. The maximum atomic E-state index is 12.4. The van der Waals surface area contributed by atoms with Gasteiger partial charge in [-0.05, 0) is 51.2 Å². The summed E-state index contributed by atoms with van der Waals surface area (Å²) in [5.41, 5.74) is 1.61. The van der Waals surface area contributed by atoms with Crippen LogP contribution in [0.25, 0.3) is 0 Å². The molecule has 168 valence electrons. The number of carbonyl (C=O) groups is 1. The van der Waals surface area contributed by atoms with E-state index in [0.717, 1.165) is 18.4 Å². The fraction of sp³-hybridized carbons (Fsp3) is 0.500. The SMILES string of the molecule is CC(C)(C)OC(=O)N[C@@H](Cc1ccccc1)[C@H](O)CNC1(c2ccccc2)CCCC1. The van der Waals surface area contributed by atoms with Crippen molar-refractivity contribution in [1.82, 2.24) is 10.6 Å². The Hall–Kier alpha value is -2.37. The fourth-order valence-corrected chi connectivity index (χ4v) is 4.36. The molecule has 1 fully saturated rings. The van der Waals surface area contributed by atoms with Crippen molar-refractivity contribution in [2.24, 2.45) is 0 Å². The van der Waals surface area contributed by atoms with E-state index in [0.29, 0.717) is 13.0 Å². The number of rotatable bonds is 8. The molecule has 3 rings (SSSR count). The average Bonchev–Trinajstić information content (AvgIpc) is 3.22. The number of nitrogens with one attached hydrogen (secondary N) is 2. The van der Waals surface area contributed by atoms with Gasteiger partial charge < -0.3 is 20.5 Å². The molecule has 0 radical (unpaired) electrons. The molecule has 2 aromatic rings. The predicted molar refractivity (Wildman–Crippen MR) is 124 cm³/mol. The van der Waals surface area contributed by atoms with Crippen LogP contribution in [0.2, 0.25) is 0 Å². The van der Waals surface area contributed by atoms with E-state index in [9.17, 15) is 9.90 Å². The Morgan fingerprint density at radius 3 is 2.19 bits per heavy atom. The Balaban J connectivity index is 1.71. The molecule has 2 aromatic carbocycles. The molecule has 5 nitrogen and oxygen atoms in total. The summed E-state index contributed by atoms with van der Waals surface area (Å²) in [5.74, 6) is 0. The van der Waals surface area contributed by atoms with Gasteiger partial charge in [-0.3, -0.25) is 0 Å². The highest BCUT2D eigenvalue weighted by atomic mass is 16.6. The van der Waals surface area contributed by atoms with E-state index in [1.807, 2.05) is 57.2 Å². The second kappa shape index (κ2) is 10.3. The number of hydrogen-bond donors (Lipinski definition) is 3. The van der Waals surface area contributed by atoms with Crippen molar-refractivity contribution in [2.45, 2.75) is 76.2 Å². The Labute approximate surface area is 186 Å². The molecule has 2 atom stereocenters. The molecule has 0 saturated heterocycles. The average molecular weight is 425 g/mol. The van der Waals surface area contributed by atoms with E-state index in [4.69, 9.17) is 4.74 Å². The lowest BCUT2D eigenvalue weighted by Crippen LogP contribution is -2.52. The van der Waals surface area contributed by atoms with E-state index in [-0.39, 0.29) is 5.54 Å². The highest BCUT2D eigenvalue weighted by molar-refractivity contribution is 5.68. The first-order chi connectivity index (χ1) is 14.8. The smallest absolute Gasteiger partial charge is 0.407 e. The summed E-state index contributed by atoms with van der Waals surface area (Å²) >= 11 is 0. The topological polar surface area (TPSA) is 70.6 Å². The summed E-state index contributed by atoms with van der Waals surface area (Å²) in [6.45, 7) is 5.89. The number of ether oxygens (including phenoxy) is 1. The highest BCUT2D eigenvalue weighted by Gasteiger charge is 2.36. The van der Waals surface area contributed by atoms with Crippen LogP contribution in [-0.2, 0) is 16.7 Å². The number of aliphatic hydroxyl groups is 1. The van der Waals surface area contributed by atoms with Crippen LogP contribution in [0.1, 0.15) is 57.6 Å². The zero-order valence-electron chi connectivity index (χ0n) is 18.9. The first-order valence-electron chi connectivity index (χ1n) is 11.3. The molecule has 1 aliphatic rings. The predicted octanol–water partition coefficient (Wildman–Crippen LogP) is 4.54. The van der Waals surface area contributed by atoms with Gasteiger partial charge in [0.15, 0.2) is 0 Å². The number of amides is 1. The van der Waals surface area contributed by atoms with Crippen LogP contribution in [0.5, 0.6) is 0 Å². The summed E-state index contributed by atoms with van der Waals surface area (Å²) in [4.78, 5) is 12.4. The molecule has 1 saturated carbocycles. The molecular weight excluding hydrogens is 388 g/mol. The fourth-order valence-electron chi connectivity index (χ4n) is 4.36. The van der Waals surface area contributed by atoms with E-state index in [1.165, 1.54) is 18.4 Å². The minimum absolute atomic E-state index is 0.120. The van der Waals surface area contributed by atoms with Crippen molar-refractivity contribution in [1.29, 1.82) is 0 Å². The molecule has 1 amide bonds.